The van der Waals surface area contributed by atoms with Gasteiger partial charge in [0, 0.05) is 9.32 Å². The molecule has 0 fully saturated rings. The largest absolute Gasteiger partial charge is 0.341 e. The number of H-pyrrole nitrogens is 1. The molecule has 0 amide bonds. The molecular weight excluding hydrogens is 359 g/mol. The molecule has 0 unspecified atom stereocenters. The van der Waals surface area contributed by atoms with Crippen molar-refractivity contribution in [3.8, 4) is 0 Å². The Kier molecular flexibility index (Phi) is 3.46. The third kappa shape index (κ3) is 2.49. The molecule has 1 aromatic carbocycles. The van der Waals surface area contributed by atoms with E-state index in [1.165, 1.54) is 9.13 Å². The minimum absolute atomic E-state index is 0.718. The summed E-state index contributed by atoms with van der Waals surface area (Å²) in [5, 5.41) is 0.941. The van der Waals surface area contributed by atoms with E-state index in [1.807, 2.05) is 0 Å². The van der Waals surface area contributed by atoms with Crippen LogP contribution < -0.4 is 0 Å². The maximum Gasteiger partial charge on any atom is 0.181 e. The SMILES string of the molecule is Ic1ccc(CSc2ncnc3nc[nH]c23)cc1. The molecule has 0 aliphatic rings. The highest BCUT2D eigenvalue weighted by atomic mass is 127. The van der Waals surface area contributed by atoms with Crippen LogP contribution in [0.3, 0.4) is 0 Å². The van der Waals surface area contributed by atoms with Crippen LogP contribution in [0.15, 0.2) is 41.9 Å². The number of aromatic amines is 1. The zero-order valence-electron chi connectivity index (χ0n) is 9.30. The lowest BCUT2D eigenvalue weighted by Gasteiger charge is -2.02. The summed E-state index contributed by atoms with van der Waals surface area (Å²) >= 11 is 4.00. The molecule has 0 aliphatic heterocycles. The predicted octanol–water partition coefficient (Wildman–Crippen LogP) is 3.25. The minimum Gasteiger partial charge on any atom is -0.341 e. The van der Waals surface area contributed by atoms with E-state index in [2.05, 4.69) is 66.8 Å². The fraction of sp³-hybridized carbons (Fsp3) is 0.0833. The molecular formula is C12H9IN4S. The molecule has 0 saturated carbocycles. The molecule has 0 atom stereocenters. The molecule has 3 aromatic rings. The molecule has 4 nitrogen and oxygen atoms in total. The third-order valence-corrected chi connectivity index (χ3v) is 4.26. The standard InChI is InChI=1S/C12H9IN4S/c13-9-3-1-8(2-4-9)5-18-12-10-11(15-6-14-10)16-7-17-12/h1-4,6-7H,5H2,(H,14,15,16,17). The number of fused-ring (bicyclic) bond motifs is 1. The zero-order chi connectivity index (χ0) is 12.4. The van der Waals surface area contributed by atoms with Crippen molar-refractivity contribution in [3.05, 3.63) is 46.1 Å². The van der Waals surface area contributed by atoms with Gasteiger partial charge in [-0.2, -0.15) is 0 Å². The van der Waals surface area contributed by atoms with E-state index in [0.717, 1.165) is 21.9 Å². The number of benzene rings is 1. The first-order chi connectivity index (χ1) is 8.83. The number of hydrogen-bond donors (Lipinski definition) is 1. The third-order valence-electron chi connectivity index (χ3n) is 2.48. The van der Waals surface area contributed by atoms with Crippen LogP contribution in [0.25, 0.3) is 11.2 Å². The normalized spacial score (nSPS) is 10.9. The second kappa shape index (κ2) is 5.23. The summed E-state index contributed by atoms with van der Waals surface area (Å²) in [5.74, 6) is 0.891. The van der Waals surface area contributed by atoms with Crippen molar-refractivity contribution in [3.63, 3.8) is 0 Å². The molecule has 0 radical (unpaired) electrons. The van der Waals surface area contributed by atoms with Crippen molar-refractivity contribution in [2.24, 2.45) is 0 Å². The highest BCUT2D eigenvalue weighted by molar-refractivity contribution is 14.1. The lowest BCUT2D eigenvalue weighted by atomic mass is 10.2. The predicted molar refractivity (Wildman–Crippen MR) is 80.4 cm³/mol. The second-order valence-electron chi connectivity index (χ2n) is 3.70. The number of thioether (sulfide) groups is 1. The van der Waals surface area contributed by atoms with Crippen LogP contribution in [-0.4, -0.2) is 19.9 Å². The van der Waals surface area contributed by atoms with Crippen molar-refractivity contribution in [2.75, 3.05) is 0 Å². The van der Waals surface area contributed by atoms with E-state index in [1.54, 1.807) is 24.4 Å². The minimum atomic E-state index is 0.718. The number of aromatic nitrogens is 4. The molecule has 2 aromatic heterocycles. The quantitative estimate of drug-likeness (QED) is 0.438. The van der Waals surface area contributed by atoms with Crippen molar-refractivity contribution in [1.29, 1.82) is 0 Å². The Morgan fingerprint density at radius 3 is 2.78 bits per heavy atom. The van der Waals surface area contributed by atoms with Crippen LogP contribution in [0.1, 0.15) is 5.56 Å². The van der Waals surface area contributed by atoms with Crippen LogP contribution in [0.4, 0.5) is 0 Å². The molecule has 2 heterocycles. The Balaban J connectivity index is 1.80. The van der Waals surface area contributed by atoms with Crippen LogP contribution in [-0.2, 0) is 5.75 Å². The van der Waals surface area contributed by atoms with Crippen molar-refractivity contribution in [1.82, 2.24) is 19.9 Å². The van der Waals surface area contributed by atoms with E-state index in [-0.39, 0.29) is 0 Å². The maximum atomic E-state index is 4.29. The molecule has 18 heavy (non-hydrogen) atoms. The number of rotatable bonds is 3. The van der Waals surface area contributed by atoms with E-state index in [4.69, 9.17) is 0 Å². The number of nitrogens with one attached hydrogen (secondary N) is 1. The Morgan fingerprint density at radius 2 is 1.94 bits per heavy atom. The number of hydrogen-bond acceptors (Lipinski definition) is 4. The zero-order valence-corrected chi connectivity index (χ0v) is 12.3. The summed E-state index contributed by atoms with van der Waals surface area (Å²) in [5.41, 5.74) is 2.91. The monoisotopic (exact) mass is 368 g/mol. The summed E-state index contributed by atoms with van der Waals surface area (Å²) in [6.45, 7) is 0. The lowest BCUT2D eigenvalue weighted by Crippen LogP contribution is -1.87. The van der Waals surface area contributed by atoms with Crippen LogP contribution in [0, 0.1) is 3.57 Å². The summed E-state index contributed by atoms with van der Waals surface area (Å²) in [4.78, 5) is 15.6. The summed E-state index contributed by atoms with van der Waals surface area (Å²) < 4.78 is 1.25. The highest BCUT2D eigenvalue weighted by Crippen LogP contribution is 2.25. The van der Waals surface area contributed by atoms with Gasteiger partial charge in [0.1, 0.15) is 16.9 Å². The summed E-state index contributed by atoms with van der Waals surface area (Å²) in [6.07, 6.45) is 3.20. The molecule has 6 heteroatoms. The first-order valence-corrected chi connectivity index (χ1v) is 7.41. The van der Waals surface area contributed by atoms with E-state index in [9.17, 15) is 0 Å². The Morgan fingerprint density at radius 1 is 1.11 bits per heavy atom. The number of imidazole rings is 1. The Hall–Kier alpha value is -1.15. The summed E-state index contributed by atoms with van der Waals surface area (Å²) in [6, 6.07) is 8.50. The van der Waals surface area contributed by atoms with E-state index < -0.39 is 0 Å². The average molecular weight is 368 g/mol. The van der Waals surface area contributed by atoms with Gasteiger partial charge in [-0.1, -0.05) is 23.9 Å². The second-order valence-corrected chi connectivity index (χ2v) is 5.90. The van der Waals surface area contributed by atoms with Gasteiger partial charge in [-0.05, 0) is 40.3 Å². The smallest absolute Gasteiger partial charge is 0.181 e. The molecule has 0 spiro atoms. The van der Waals surface area contributed by atoms with Gasteiger partial charge < -0.3 is 4.98 Å². The average Bonchev–Trinajstić information content (AvgIpc) is 2.87. The topological polar surface area (TPSA) is 54.5 Å². The molecule has 90 valence electrons. The van der Waals surface area contributed by atoms with Crippen LogP contribution in [0.2, 0.25) is 0 Å². The molecule has 3 rings (SSSR count). The fourth-order valence-electron chi connectivity index (χ4n) is 1.58. The lowest BCUT2D eigenvalue weighted by molar-refractivity contribution is 1.08. The van der Waals surface area contributed by atoms with Crippen LogP contribution in [0.5, 0.6) is 0 Å². The molecule has 0 bridgehead atoms. The first kappa shape index (κ1) is 11.9. The first-order valence-electron chi connectivity index (χ1n) is 5.34. The van der Waals surface area contributed by atoms with Gasteiger partial charge in [0.2, 0.25) is 0 Å². The Bertz CT molecular complexity index is 665. The van der Waals surface area contributed by atoms with Crippen molar-refractivity contribution < 1.29 is 0 Å². The van der Waals surface area contributed by atoms with Gasteiger partial charge in [0.05, 0.1) is 6.33 Å². The highest BCUT2D eigenvalue weighted by Gasteiger charge is 2.06. The number of halogens is 1. The van der Waals surface area contributed by atoms with Gasteiger partial charge in [0.15, 0.2) is 5.65 Å². The van der Waals surface area contributed by atoms with Gasteiger partial charge in [0.25, 0.3) is 0 Å². The van der Waals surface area contributed by atoms with Gasteiger partial charge in [-0.3, -0.25) is 0 Å². The molecule has 1 N–H and O–H groups in total. The van der Waals surface area contributed by atoms with E-state index >= 15 is 0 Å². The van der Waals surface area contributed by atoms with Gasteiger partial charge in [-0.25, -0.2) is 15.0 Å². The van der Waals surface area contributed by atoms with Gasteiger partial charge in [-0.15, -0.1) is 0 Å². The van der Waals surface area contributed by atoms with Crippen molar-refractivity contribution in [2.45, 2.75) is 10.8 Å². The van der Waals surface area contributed by atoms with Gasteiger partial charge >= 0.3 is 0 Å². The molecule has 0 saturated heterocycles. The summed E-state index contributed by atoms with van der Waals surface area (Å²) in [7, 11) is 0. The number of nitrogens with zero attached hydrogens (tertiary/aromatic N) is 3. The molecule has 0 aliphatic carbocycles. The van der Waals surface area contributed by atoms with E-state index in [0.29, 0.717) is 0 Å². The van der Waals surface area contributed by atoms with Crippen molar-refractivity contribution >= 4 is 45.5 Å². The van der Waals surface area contributed by atoms with Crippen LogP contribution >= 0.6 is 34.4 Å². The maximum absolute atomic E-state index is 4.29. The fourth-order valence-corrected chi connectivity index (χ4v) is 2.86. The Labute approximate surface area is 122 Å².